The second kappa shape index (κ2) is 10.2. The molecule has 1 aliphatic heterocycles. The molecule has 0 aliphatic carbocycles. The summed E-state index contributed by atoms with van der Waals surface area (Å²) >= 11 is 0. The molecule has 1 saturated heterocycles. The van der Waals surface area contributed by atoms with Gasteiger partial charge in [-0.1, -0.05) is 48.5 Å². The summed E-state index contributed by atoms with van der Waals surface area (Å²) < 4.78 is 10.8. The smallest absolute Gasteiger partial charge is 0.246 e. The van der Waals surface area contributed by atoms with Crippen LogP contribution < -0.4 is 19.7 Å². The molecule has 0 aromatic heterocycles. The fourth-order valence-corrected chi connectivity index (χ4v) is 4.19. The van der Waals surface area contributed by atoms with Crippen molar-refractivity contribution in [2.24, 2.45) is 0 Å². The molecule has 0 saturated carbocycles. The van der Waals surface area contributed by atoms with Crippen molar-refractivity contribution in [3.05, 3.63) is 84.4 Å². The van der Waals surface area contributed by atoms with Crippen LogP contribution in [-0.2, 0) is 4.79 Å². The number of anilines is 2. The zero-order valence-electron chi connectivity index (χ0n) is 18.5. The van der Waals surface area contributed by atoms with Crippen molar-refractivity contribution in [2.75, 3.05) is 50.6 Å². The molecule has 3 aromatic rings. The summed E-state index contributed by atoms with van der Waals surface area (Å²) in [6.07, 6.45) is 0. The largest absolute Gasteiger partial charge is 0.497 e. The van der Waals surface area contributed by atoms with Gasteiger partial charge in [0, 0.05) is 37.9 Å². The molecule has 166 valence electrons. The van der Waals surface area contributed by atoms with Gasteiger partial charge in [-0.15, -0.1) is 0 Å². The molecule has 1 unspecified atom stereocenters. The lowest BCUT2D eigenvalue weighted by atomic mass is 10.0. The van der Waals surface area contributed by atoms with E-state index in [0.29, 0.717) is 5.75 Å². The van der Waals surface area contributed by atoms with Gasteiger partial charge < -0.3 is 19.7 Å². The number of carbonyl (C=O) groups excluding carboxylic acids is 1. The normalized spacial score (nSPS) is 15.1. The zero-order valence-corrected chi connectivity index (χ0v) is 18.5. The van der Waals surface area contributed by atoms with E-state index in [1.807, 2.05) is 72.8 Å². The number of nitrogens with zero attached hydrogens (tertiary/aromatic N) is 2. The zero-order chi connectivity index (χ0) is 22.3. The molecule has 0 radical (unpaired) electrons. The number of rotatable bonds is 7. The van der Waals surface area contributed by atoms with E-state index in [1.54, 1.807) is 14.2 Å². The van der Waals surface area contributed by atoms with E-state index in [-0.39, 0.29) is 11.9 Å². The summed E-state index contributed by atoms with van der Waals surface area (Å²) in [6.45, 7) is 3.17. The average Bonchev–Trinajstić information content (AvgIpc) is 2.85. The van der Waals surface area contributed by atoms with Crippen LogP contribution in [0.4, 0.5) is 11.4 Å². The molecule has 6 nitrogen and oxygen atoms in total. The van der Waals surface area contributed by atoms with E-state index in [4.69, 9.17) is 9.47 Å². The number of methoxy groups -OCH3 is 2. The maximum Gasteiger partial charge on any atom is 0.246 e. The van der Waals surface area contributed by atoms with Gasteiger partial charge >= 0.3 is 0 Å². The Morgan fingerprint density at radius 2 is 1.56 bits per heavy atom. The maximum atomic E-state index is 13.4. The monoisotopic (exact) mass is 431 g/mol. The first kappa shape index (κ1) is 21.7. The fourth-order valence-electron chi connectivity index (χ4n) is 4.19. The third-order valence-corrected chi connectivity index (χ3v) is 5.81. The maximum absolute atomic E-state index is 13.4. The number of nitrogens with one attached hydrogen (secondary N) is 1. The lowest BCUT2D eigenvalue weighted by Crippen LogP contribution is -2.50. The Kier molecular flexibility index (Phi) is 6.92. The standard InChI is InChI=1S/C26H29N3O3/c1-31-22-12-8-11-21(19-22)27-26(30)25(20-9-4-3-5-10-20)29-17-15-28(16-18-29)23-13-6-7-14-24(23)32-2/h3-14,19,25H,15-18H2,1-2H3,(H,27,30). The highest BCUT2D eigenvalue weighted by Gasteiger charge is 2.31. The molecule has 3 aromatic carbocycles. The quantitative estimate of drug-likeness (QED) is 0.608. The van der Waals surface area contributed by atoms with E-state index >= 15 is 0 Å². The number of hydrogen-bond acceptors (Lipinski definition) is 5. The molecule has 1 atom stereocenters. The summed E-state index contributed by atoms with van der Waals surface area (Å²) in [6, 6.07) is 25.1. The number of amides is 1. The van der Waals surface area contributed by atoms with Crippen LogP contribution >= 0.6 is 0 Å². The summed E-state index contributed by atoms with van der Waals surface area (Å²) in [5.41, 5.74) is 2.80. The van der Waals surface area contributed by atoms with Gasteiger partial charge in [-0.25, -0.2) is 0 Å². The van der Waals surface area contributed by atoms with E-state index < -0.39 is 0 Å². The molecule has 1 amide bonds. The third-order valence-electron chi connectivity index (χ3n) is 5.81. The molecule has 1 N–H and O–H groups in total. The van der Waals surface area contributed by atoms with Crippen molar-refractivity contribution in [1.29, 1.82) is 0 Å². The number of hydrogen-bond donors (Lipinski definition) is 1. The number of para-hydroxylation sites is 2. The van der Waals surface area contributed by atoms with E-state index in [1.165, 1.54) is 0 Å². The minimum Gasteiger partial charge on any atom is -0.497 e. The molecular formula is C26H29N3O3. The van der Waals surface area contributed by atoms with Crippen molar-refractivity contribution >= 4 is 17.3 Å². The van der Waals surface area contributed by atoms with Crippen LogP contribution in [0.2, 0.25) is 0 Å². The summed E-state index contributed by atoms with van der Waals surface area (Å²) in [5.74, 6) is 1.54. The molecule has 32 heavy (non-hydrogen) atoms. The highest BCUT2D eigenvalue weighted by molar-refractivity contribution is 5.95. The molecular weight excluding hydrogens is 402 g/mol. The first-order valence-electron chi connectivity index (χ1n) is 10.8. The van der Waals surface area contributed by atoms with Gasteiger partial charge in [-0.3, -0.25) is 9.69 Å². The van der Waals surface area contributed by atoms with Gasteiger partial charge in [-0.2, -0.15) is 0 Å². The SMILES string of the molecule is COc1cccc(NC(=O)C(c2ccccc2)N2CCN(c3ccccc3OC)CC2)c1. The predicted molar refractivity (Wildman–Crippen MR) is 128 cm³/mol. The van der Waals surface area contributed by atoms with Crippen LogP contribution in [0.3, 0.4) is 0 Å². The third kappa shape index (κ3) is 4.86. The second-order valence-corrected chi connectivity index (χ2v) is 7.73. The Labute approximate surface area is 189 Å². The first-order chi connectivity index (χ1) is 15.7. The summed E-state index contributed by atoms with van der Waals surface area (Å²) in [4.78, 5) is 18.0. The molecule has 6 heteroatoms. The number of ether oxygens (including phenoxy) is 2. The summed E-state index contributed by atoms with van der Waals surface area (Å²) in [7, 11) is 3.32. The fraction of sp³-hybridized carbons (Fsp3) is 0.269. The Bertz CT molecular complexity index is 1030. The van der Waals surface area contributed by atoms with Crippen LogP contribution in [0.1, 0.15) is 11.6 Å². The van der Waals surface area contributed by atoms with Gasteiger partial charge in [0.1, 0.15) is 17.5 Å². The van der Waals surface area contributed by atoms with Crippen molar-refractivity contribution in [3.63, 3.8) is 0 Å². The Morgan fingerprint density at radius 1 is 0.844 bits per heavy atom. The van der Waals surface area contributed by atoms with E-state index in [9.17, 15) is 4.79 Å². The highest BCUT2D eigenvalue weighted by Crippen LogP contribution is 2.31. The minimum atomic E-state index is -0.373. The van der Waals surface area contributed by atoms with Crippen molar-refractivity contribution in [3.8, 4) is 11.5 Å². The van der Waals surface area contributed by atoms with E-state index in [0.717, 1.165) is 48.9 Å². The Hall–Kier alpha value is -3.51. The lowest BCUT2D eigenvalue weighted by molar-refractivity contribution is -0.121. The number of carbonyl (C=O) groups is 1. The van der Waals surface area contributed by atoms with Gasteiger partial charge in [0.05, 0.1) is 19.9 Å². The topological polar surface area (TPSA) is 54.0 Å². The van der Waals surface area contributed by atoms with Crippen LogP contribution in [0, 0.1) is 0 Å². The molecule has 1 fully saturated rings. The van der Waals surface area contributed by atoms with Gasteiger partial charge in [0.15, 0.2) is 0 Å². The molecule has 0 spiro atoms. The van der Waals surface area contributed by atoms with Gasteiger partial charge in [0.2, 0.25) is 5.91 Å². The lowest BCUT2D eigenvalue weighted by Gasteiger charge is -2.40. The molecule has 4 rings (SSSR count). The molecule has 1 heterocycles. The Balaban J connectivity index is 1.52. The van der Waals surface area contributed by atoms with E-state index in [2.05, 4.69) is 21.2 Å². The van der Waals surface area contributed by atoms with Crippen LogP contribution in [0.25, 0.3) is 0 Å². The molecule has 0 bridgehead atoms. The first-order valence-corrected chi connectivity index (χ1v) is 10.8. The van der Waals surface area contributed by atoms with Crippen molar-refractivity contribution in [2.45, 2.75) is 6.04 Å². The van der Waals surface area contributed by atoms with Crippen molar-refractivity contribution < 1.29 is 14.3 Å². The number of piperazine rings is 1. The second-order valence-electron chi connectivity index (χ2n) is 7.73. The molecule has 1 aliphatic rings. The van der Waals surface area contributed by atoms with Crippen molar-refractivity contribution in [1.82, 2.24) is 4.90 Å². The Morgan fingerprint density at radius 3 is 2.28 bits per heavy atom. The average molecular weight is 432 g/mol. The van der Waals surface area contributed by atoms with Crippen LogP contribution in [0.5, 0.6) is 11.5 Å². The van der Waals surface area contributed by atoms with Crippen LogP contribution in [-0.4, -0.2) is 51.2 Å². The number of benzene rings is 3. The van der Waals surface area contributed by atoms with Gasteiger partial charge in [0.25, 0.3) is 0 Å². The minimum absolute atomic E-state index is 0.0461. The predicted octanol–water partition coefficient (Wildman–Crippen LogP) is 4.21. The van der Waals surface area contributed by atoms with Gasteiger partial charge in [-0.05, 0) is 29.8 Å². The van der Waals surface area contributed by atoms with Crippen LogP contribution in [0.15, 0.2) is 78.9 Å². The highest BCUT2D eigenvalue weighted by atomic mass is 16.5. The summed E-state index contributed by atoms with van der Waals surface area (Å²) in [5, 5.41) is 3.08.